The van der Waals surface area contributed by atoms with Gasteiger partial charge in [-0.25, -0.2) is 0 Å². The number of nitro groups is 1. The maximum absolute atomic E-state index is 11.8. The van der Waals surface area contributed by atoms with Gasteiger partial charge in [-0.3, -0.25) is 14.9 Å². The molecular weight excluding hydrogens is 350 g/mol. The van der Waals surface area contributed by atoms with Crippen LogP contribution in [-0.4, -0.2) is 10.9 Å². The fourth-order valence-electron chi connectivity index (χ4n) is 1.89. The maximum atomic E-state index is 11.8. The molecule has 0 aliphatic rings. The lowest BCUT2D eigenvalue weighted by Crippen LogP contribution is -2.21. The molecule has 0 saturated carbocycles. The van der Waals surface area contributed by atoms with Crippen molar-refractivity contribution in [1.29, 1.82) is 0 Å². The number of hydrogen-bond donors (Lipinski definition) is 0. The van der Waals surface area contributed by atoms with Crippen molar-refractivity contribution in [3.63, 3.8) is 0 Å². The predicted molar refractivity (Wildman–Crippen MR) is 89.5 cm³/mol. The lowest BCUT2D eigenvalue weighted by Gasteiger charge is -2.27. The van der Waals surface area contributed by atoms with Gasteiger partial charge in [0.2, 0.25) is 0 Å². The normalized spacial score (nSPS) is 20.0. The Balaban J connectivity index is 4.54. The number of hydrogen-bond acceptors (Lipinski definition) is 4. The van der Waals surface area contributed by atoms with Crippen molar-refractivity contribution in [2.24, 2.45) is 0 Å². The highest BCUT2D eigenvalue weighted by Gasteiger charge is 2.35. The molecule has 0 atom stereocenters. The van der Waals surface area contributed by atoms with E-state index >= 15 is 0 Å². The molecule has 0 spiro atoms. The van der Waals surface area contributed by atoms with E-state index in [9.17, 15) is 14.9 Å². The van der Waals surface area contributed by atoms with Gasteiger partial charge >= 0.3 is 5.97 Å². The van der Waals surface area contributed by atoms with Crippen LogP contribution in [0.5, 0.6) is 5.75 Å². The molecule has 122 valence electrons. The summed E-state index contributed by atoms with van der Waals surface area (Å²) in [6, 6.07) is 0.840. The lowest BCUT2D eigenvalue weighted by atomic mass is 9.79. The van der Waals surface area contributed by atoms with E-state index in [1.54, 1.807) is 20.8 Å². The summed E-state index contributed by atoms with van der Waals surface area (Å²) in [5.41, 5.74) is -6.18. The average molecular weight is 381 g/mol. The monoisotopic (exact) mass is 380 g/mol. The zero-order chi connectivity index (χ0) is 25.0. The van der Waals surface area contributed by atoms with Gasteiger partial charge in [0.15, 0.2) is 5.75 Å². The molecule has 1 rings (SSSR count). The average Bonchev–Trinajstić information content (AvgIpc) is 2.44. The van der Waals surface area contributed by atoms with E-state index in [0.29, 0.717) is 0 Å². The molecule has 1 aromatic carbocycles. The zero-order valence-electron chi connectivity index (χ0n) is 21.5. The van der Waals surface area contributed by atoms with Crippen LogP contribution in [0, 0.1) is 10.1 Å². The van der Waals surface area contributed by atoms with E-state index < -0.39 is 63.8 Å². The van der Waals surface area contributed by atoms with Crippen molar-refractivity contribution in [2.75, 3.05) is 0 Å². The number of esters is 1. The quantitative estimate of drug-likeness (QED) is 0.317. The van der Waals surface area contributed by atoms with Gasteiger partial charge in [0.25, 0.3) is 5.69 Å². The van der Waals surface area contributed by atoms with E-state index in [-0.39, 0.29) is 5.56 Å². The van der Waals surface area contributed by atoms with Crippen LogP contribution in [0.2, 0.25) is 0 Å². The first-order chi connectivity index (χ1) is 13.5. The van der Waals surface area contributed by atoms with Gasteiger partial charge in [-0.05, 0) is 32.8 Å². The summed E-state index contributed by atoms with van der Waals surface area (Å²) >= 11 is 2.93. The fraction of sp³-hybridized carbons (Fsp3) is 0.562. The van der Waals surface area contributed by atoms with E-state index in [1.807, 2.05) is 0 Å². The molecule has 0 aliphatic heterocycles. The van der Waals surface area contributed by atoms with Gasteiger partial charge in [0, 0.05) is 30.4 Å². The van der Waals surface area contributed by atoms with Gasteiger partial charge in [-0.1, -0.05) is 41.3 Å². The fourth-order valence-corrected chi connectivity index (χ4v) is 2.55. The van der Waals surface area contributed by atoms with Gasteiger partial charge in [-0.15, -0.1) is 0 Å². The van der Waals surface area contributed by atoms with Crippen LogP contribution in [0.1, 0.15) is 71.7 Å². The summed E-state index contributed by atoms with van der Waals surface area (Å²) in [4.78, 5) is 22.7. The number of halogens is 1. The second kappa shape index (κ2) is 5.99. The minimum absolute atomic E-state index is 0.141. The van der Waals surface area contributed by atoms with Crippen molar-refractivity contribution in [2.45, 2.75) is 59.1 Å². The predicted octanol–water partition coefficient (Wildman–Crippen LogP) is 4.88. The van der Waals surface area contributed by atoms with Crippen LogP contribution >= 0.6 is 15.9 Å². The Morgan fingerprint density at radius 1 is 1.27 bits per heavy atom. The number of carbonyl (C=O) groups is 1. The Labute approximate surface area is 152 Å². The van der Waals surface area contributed by atoms with Crippen LogP contribution < -0.4 is 4.74 Å². The minimum Gasteiger partial charge on any atom is -0.425 e. The third kappa shape index (κ3) is 3.85. The molecule has 1 aromatic rings. The summed E-state index contributed by atoms with van der Waals surface area (Å²) in [6.45, 7) is -5.42. The molecule has 0 amide bonds. The Hall–Kier alpha value is -1.43. The number of ether oxygens (including phenoxy) is 1. The summed E-state index contributed by atoms with van der Waals surface area (Å²) in [5.74, 6) is -1.90. The topological polar surface area (TPSA) is 69.4 Å². The summed E-state index contributed by atoms with van der Waals surface area (Å²) < 4.78 is 75.8. The summed E-state index contributed by atoms with van der Waals surface area (Å²) in [7, 11) is 0. The Morgan fingerprint density at radius 2 is 1.82 bits per heavy atom. The van der Waals surface area contributed by atoms with Crippen LogP contribution in [-0.2, 0) is 15.6 Å². The van der Waals surface area contributed by atoms with Crippen LogP contribution in [0.15, 0.2) is 10.5 Å². The summed E-state index contributed by atoms with van der Waals surface area (Å²) in [6.07, 6.45) is 0. The number of benzene rings is 1. The molecule has 0 N–H and O–H groups in total. The molecule has 0 aromatic heterocycles. The molecule has 0 heterocycles. The molecule has 0 unspecified atom stereocenters. The SMILES string of the molecule is [2H]C([2H])([2H])C(c1cc(C(C)(C)C)c([N+](=O)[O-])c(Br)c1OC(C)=O)(C([2H])([2H])[2H])C([2H])([2H])[2H]. The molecule has 0 aliphatic carbocycles. The standard InChI is InChI=1S/C16H22BrNO4/c1-9(19)22-14-11(16(5,6)7)8-10(15(2,3)4)13(12(14)17)18(20)21/h8H,1-7H3/i5D3,6D3,7D3. The van der Waals surface area contributed by atoms with E-state index in [1.165, 1.54) is 0 Å². The van der Waals surface area contributed by atoms with Crippen LogP contribution in [0.25, 0.3) is 0 Å². The number of nitro benzene ring substituents is 1. The third-order valence-electron chi connectivity index (χ3n) is 2.84. The van der Waals surface area contributed by atoms with E-state index in [2.05, 4.69) is 15.9 Å². The number of carbonyl (C=O) groups excluding carboxylic acids is 1. The van der Waals surface area contributed by atoms with Crippen molar-refractivity contribution >= 4 is 27.6 Å². The minimum atomic E-state index is -3.65. The van der Waals surface area contributed by atoms with Crippen molar-refractivity contribution < 1.29 is 26.8 Å². The van der Waals surface area contributed by atoms with Gasteiger partial charge < -0.3 is 4.74 Å². The van der Waals surface area contributed by atoms with Gasteiger partial charge in [0.1, 0.15) is 4.47 Å². The van der Waals surface area contributed by atoms with Crippen LogP contribution in [0.3, 0.4) is 0 Å². The number of nitrogens with zero attached hydrogens (tertiary/aromatic N) is 1. The Bertz CT molecular complexity index is 863. The Morgan fingerprint density at radius 3 is 2.18 bits per heavy atom. The van der Waals surface area contributed by atoms with Crippen LogP contribution in [0.4, 0.5) is 5.69 Å². The first-order valence-electron chi connectivity index (χ1n) is 10.7. The largest absolute Gasteiger partial charge is 0.425 e. The second-order valence-corrected chi connectivity index (χ2v) is 6.61. The first-order valence-corrected chi connectivity index (χ1v) is 7.01. The Kier molecular flexibility index (Phi) is 2.45. The van der Waals surface area contributed by atoms with Crippen molar-refractivity contribution in [3.8, 4) is 5.75 Å². The second-order valence-electron chi connectivity index (χ2n) is 5.81. The maximum Gasteiger partial charge on any atom is 0.308 e. The van der Waals surface area contributed by atoms with Gasteiger partial charge in [-0.2, -0.15) is 0 Å². The highest BCUT2D eigenvalue weighted by molar-refractivity contribution is 9.10. The number of rotatable bonds is 2. The first kappa shape index (κ1) is 9.01. The van der Waals surface area contributed by atoms with E-state index in [0.717, 1.165) is 13.0 Å². The van der Waals surface area contributed by atoms with Gasteiger partial charge in [0.05, 0.1) is 4.92 Å². The molecule has 6 heteroatoms. The molecule has 0 radical (unpaired) electrons. The molecule has 5 nitrogen and oxygen atoms in total. The van der Waals surface area contributed by atoms with E-state index in [4.69, 9.17) is 17.1 Å². The summed E-state index contributed by atoms with van der Waals surface area (Å²) in [5, 5.41) is 11.8. The lowest BCUT2D eigenvalue weighted by molar-refractivity contribution is -0.386. The molecule has 0 saturated heterocycles. The zero-order valence-corrected chi connectivity index (χ0v) is 14.1. The van der Waals surface area contributed by atoms with Crippen molar-refractivity contribution in [3.05, 3.63) is 31.8 Å². The third-order valence-corrected chi connectivity index (χ3v) is 3.57. The highest BCUT2D eigenvalue weighted by atomic mass is 79.9. The molecule has 0 fully saturated rings. The van der Waals surface area contributed by atoms with Crippen molar-refractivity contribution in [1.82, 2.24) is 0 Å². The molecule has 0 bridgehead atoms. The molecule has 22 heavy (non-hydrogen) atoms. The highest BCUT2D eigenvalue weighted by Crippen LogP contribution is 2.47. The molecular formula is C16H22BrNO4. The smallest absolute Gasteiger partial charge is 0.308 e.